The van der Waals surface area contributed by atoms with Crippen LogP contribution in [0, 0.1) is 0 Å². The quantitative estimate of drug-likeness (QED) is 0.591. The summed E-state index contributed by atoms with van der Waals surface area (Å²) in [5, 5.41) is -2.16. The van der Waals surface area contributed by atoms with Crippen LogP contribution in [0.5, 0.6) is 0 Å². The third-order valence-corrected chi connectivity index (χ3v) is 8.81. The second-order valence-corrected chi connectivity index (χ2v) is 10.2. The Hall–Kier alpha value is -1.51. The van der Waals surface area contributed by atoms with Gasteiger partial charge in [0.05, 0.1) is 10.8 Å². The third-order valence-electron chi connectivity index (χ3n) is 4.09. The first-order chi connectivity index (χ1) is 12.5. The van der Waals surface area contributed by atoms with Gasteiger partial charge in [-0.05, 0) is 19.3 Å². The van der Waals surface area contributed by atoms with Crippen LogP contribution in [-0.4, -0.2) is 39.9 Å². The minimum absolute atomic E-state index is 0.521. The maximum absolute atomic E-state index is 14.0. The first-order valence-electron chi connectivity index (χ1n) is 7.23. The van der Waals surface area contributed by atoms with Crippen molar-refractivity contribution in [2.45, 2.75) is 42.4 Å². The summed E-state index contributed by atoms with van der Waals surface area (Å²) in [6, 6.07) is 0. The van der Waals surface area contributed by atoms with E-state index >= 15 is 0 Å². The summed E-state index contributed by atoms with van der Waals surface area (Å²) in [7, 11) is -13.0. The van der Waals surface area contributed by atoms with E-state index in [1.807, 2.05) is 0 Å². The Balaban J connectivity index is 2.95. The molecule has 3 atom stereocenters. The molecule has 4 nitrogen and oxygen atoms in total. The maximum Gasteiger partial charge on any atom is 0.502 e. The Labute approximate surface area is 152 Å². The molecule has 1 fully saturated rings. The van der Waals surface area contributed by atoms with E-state index in [4.69, 9.17) is 0 Å². The minimum atomic E-state index is -7.10. The number of halogens is 9. The molecule has 0 aromatic carbocycles. The molecule has 0 spiro atoms. The van der Waals surface area contributed by atoms with Crippen molar-refractivity contribution in [3.05, 3.63) is 33.1 Å². The van der Waals surface area contributed by atoms with Crippen molar-refractivity contribution in [1.29, 1.82) is 0 Å². The van der Waals surface area contributed by atoms with Crippen molar-refractivity contribution in [3.8, 4) is 0 Å². The summed E-state index contributed by atoms with van der Waals surface area (Å²) in [5.74, 6) is -11.5. The van der Waals surface area contributed by atoms with Gasteiger partial charge < -0.3 is 0 Å². The standard InChI is InChI=1S/C13H9F9O4S2/c14-4-1-2-5(3-4)27(23,24)12(28(25,26)13(20,21)22)6-7(15)9(17)11(19)10(18)8(6)16/h4-5,7H,1-3H2. The molecule has 0 aromatic heterocycles. The molecule has 15 heteroatoms. The van der Waals surface area contributed by atoms with Crippen molar-refractivity contribution in [1.82, 2.24) is 0 Å². The molecule has 0 radical (unpaired) electrons. The lowest BCUT2D eigenvalue weighted by Crippen LogP contribution is -2.35. The third kappa shape index (κ3) is 3.46. The van der Waals surface area contributed by atoms with Gasteiger partial charge in [-0.1, -0.05) is 0 Å². The smallest absolute Gasteiger partial charge is 0.247 e. The summed E-state index contributed by atoms with van der Waals surface area (Å²) in [6.07, 6.45) is -8.12. The van der Waals surface area contributed by atoms with Crippen LogP contribution in [0.25, 0.3) is 0 Å². The number of hydrogen-bond donors (Lipinski definition) is 0. The summed E-state index contributed by atoms with van der Waals surface area (Å²) < 4.78 is 166. The second kappa shape index (κ2) is 7.07. The zero-order chi connectivity index (χ0) is 21.8. The molecule has 0 bridgehead atoms. The van der Waals surface area contributed by atoms with Gasteiger partial charge in [-0.2, -0.15) is 13.2 Å². The largest absolute Gasteiger partial charge is 0.502 e. The fourth-order valence-electron chi connectivity index (χ4n) is 2.74. The van der Waals surface area contributed by atoms with Gasteiger partial charge in [-0.15, -0.1) is 0 Å². The van der Waals surface area contributed by atoms with Crippen LogP contribution in [0.3, 0.4) is 0 Å². The fourth-order valence-corrected chi connectivity index (χ4v) is 7.06. The molecule has 160 valence electrons. The molecule has 0 heterocycles. The SMILES string of the molecule is O=S(=O)(C(=C1C(F)=C(F)C(F)=C(F)C1F)S(=O)(=O)C(F)(F)F)C1CCC(F)C1. The first-order valence-corrected chi connectivity index (χ1v) is 10.3. The van der Waals surface area contributed by atoms with Crippen LogP contribution in [0.1, 0.15) is 19.3 Å². The van der Waals surface area contributed by atoms with Crippen molar-refractivity contribution in [2.75, 3.05) is 0 Å². The normalized spacial score (nSPS) is 29.5. The van der Waals surface area contributed by atoms with Gasteiger partial charge in [0, 0.05) is 0 Å². The average molecular weight is 464 g/mol. The van der Waals surface area contributed by atoms with Crippen LogP contribution >= 0.6 is 0 Å². The van der Waals surface area contributed by atoms with E-state index in [-0.39, 0.29) is 0 Å². The van der Waals surface area contributed by atoms with Gasteiger partial charge in [-0.25, -0.2) is 43.2 Å². The molecule has 28 heavy (non-hydrogen) atoms. The number of sulfone groups is 2. The zero-order valence-electron chi connectivity index (χ0n) is 13.2. The molecule has 0 amide bonds. The highest BCUT2D eigenvalue weighted by Gasteiger charge is 2.57. The zero-order valence-corrected chi connectivity index (χ0v) is 14.8. The predicted octanol–water partition coefficient (Wildman–Crippen LogP) is 4.09. The predicted molar refractivity (Wildman–Crippen MR) is 76.8 cm³/mol. The van der Waals surface area contributed by atoms with Gasteiger partial charge >= 0.3 is 5.51 Å². The maximum atomic E-state index is 14.0. The lowest BCUT2D eigenvalue weighted by Gasteiger charge is -2.23. The van der Waals surface area contributed by atoms with Gasteiger partial charge in [0.15, 0.2) is 43.6 Å². The summed E-state index contributed by atoms with van der Waals surface area (Å²) in [4.78, 5) is 0. The van der Waals surface area contributed by atoms with Crippen LogP contribution in [-0.2, 0) is 19.7 Å². The van der Waals surface area contributed by atoms with Crippen molar-refractivity contribution in [2.24, 2.45) is 0 Å². The van der Waals surface area contributed by atoms with E-state index in [0.717, 1.165) is 0 Å². The Kier molecular flexibility index (Phi) is 5.75. The molecule has 2 aliphatic carbocycles. The molecular weight excluding hydrogens is 455 g/mol. The number of allylic oxidation sites excluding steroid dienone is 5. The Morgan fingerprint density at radius 1 is 0.857 bits per heavy atom. The summed E-state index contributed by atoms with van der Waals surface area (Å²) >= 11 is 0. The van der Waals surface area contributed by atoms with E-state index in [2.05, 4.69) is 0 Å². The molecule has 2 aliphatic rings. The van der Waals surface area contributed by atoms with E-state index in [9.17, 15) is 56.3 Å². The minimum Gasteiger partial charge on any atom is -0.247 e. The van der Waals surface area contributed by atoms with E-state index in [1.54, 1.807) is 0 Å². The molecule has 0 aromatic rings. The number of alkyl halides is 5. The van der Waals surface area contributed by atoms with Crippen LogP contribution in [0.15, 0.2) is 33.1 Å². The lowest BCUT2D eigenvalue weighted by atomic mass is 10.0. The van der Waals surface area contributed by atoms with E-state index < -0.39 is 95.2 Å². The highest BCUT2D eigenvalue weighted by Crippen LogP contribution is 2.47. The number of hydrogen-bond acceptors (Lipinski definition) is 4. The Morgan fingerprint density at radius 3 is 1.82 bits per heavy atom. The lowest BCUT2D eigenvalue weighted by molar-refractivity contribution is -0.0425. The van der Waals surface area contributed by atoms with Gasteiger partial charge in [0.1, 0.15) is 6.17 Å². The first kappa shape index (κ1) is 22.8. The highest BCUT2D eigenvalue weighted by molar-refractivity contribution is 8.15. The van der Waals surface area contributed by atoms with Crippen molar-refractivity contribution < 1.29 is 56.3 Å². The van der Waals surface area contributed by atoms with Gasteiger partial charge in [0.25, 0.3) is 9.84 Å². The van der Waals surface area contributed by atoms with E-state index in [1.165, 1.54) is 0 Å². The molecule has 2 rings (SSSR count). The molecule has 1 saturated carbocycles. The van der Waals surface area contributed by atoms with Crippen molar-refractivity contribution >= 4 is 19.7 Å². The van der Waals surface area contributed by atoms with Crippen LogP contribution in [0.2, 0.25) is 0 Å². The highest BCUT2D eigenvalue weighted by atomic mass is 32.3. The van der Waals surface area contributed by atoms with Gasteiger partial charge in [-0.3, -0.25) is 0 Å². The monoisotopic (exact) mass is 464 g/mol. The Morgan fingerprint density at radius 2 is 1.39 bits per heavy atom. The number of rotatable bonds is 3. The molecule has 3 unspecified atom stereocenters. The van der Waals surface area contributed by atoms with Crippen molar-refractivity contribution in [3.63, 3.8) is 0 Å². The fraction of sp³-hybridized carbons (Fsp3) is 0.538. The molecule has 0 aliphatic heterocycles. The topological polar surface area (TPSA) is 68.3 Å². The molecule has 0 saturated heterocycles. The second-order valence-electron chi connectivity index (χ2n) is 5.88. The van der Waals surface area contributed by atoms with Gasteiger partial charge in [0.2, 0.25) is 0 Å². The molecular formula is C13H9F9O4S2. The summed E-state index contributed by atoms with van der Waals surface area (Å²) in [6.45, 7) is 0. The van der Waals surface area contributed by atoms with Crippen LogP contribution < -0.4 is 0 Å². The van der Waals surface area contributed by atoms with E-state index in [0.29, 0.717) is 0 Å². The summed E-state index contributed by atoms with van der Waals surface area (Å²) in [5.41, 5.74) is -9.14. The Bertz CT molecular complexity index is 990. The molecule has 0 N–H and O–H groups in total. The van der Waals surface area contributed by atoms with Crippen LogP contribution in [0.4, 0.5) is 39.5 Å². The average Bonchev–Trinajstić information content (AvgIpc) is 3.01.